The molecule has 1 aromatic rings. The van der Waals surface area contributed by atoms with Gasteiger partial charge >= 0.3 is 0 Å². The third kappa shape index (κ3) is 5.08. The number of carbonyl (C=O) groups excluding carboxylic acids is 1. The highest BCUT2D eigenvalue weighted by molar-refractivity contribution is 6.31. The van der Waals surface area contributed by atoms with E-state index in [2.05, 4.69) is 0 Å². The van der Waals surface area contributed by atoms with E-state index in [9.17, 15) is 4.79 Å². The van der Waals surface area contributed by atoms with Gasteiger partial charge < -0.3 is 4.74 Å². The van der Waals surface area contributed by atoms with Gasteiger partial charge in [0, 0.05) is 23.9 Å². The molecular weight excluding hydrogens is 337 g/mol. The molecule has 1 aliphatic rings. The van der Waals surface area contributed by atoms with E-state index in [1.165, 1.54) is 5.06 Å². The van der Waals surface area contributed by atoms with Crippen LogP contribution in [0.5, 0.6) is 0 Å². The van der Waals surface area contributed by atoms with Crippen molar-refractivity contribution in [2.75, 3.05) is 12.5 Å². The normalized spacial score (nSPS) is 18.7. The third-order valence-corrected chi connectivity index (χ3v) is 4.83. The van der Waals surface area contributed by atoms with Gasteiger partial charge in [0.25, 0.3) is 5.91 Å². The Morgan fingerprint density at radius 2 is 2.13 bits per heavy atom. The van der Waals surface area contributed by atoms with Gasteiger partial charge in [0.1, 0.15) is 0 Å². The second-order valence-electron chi connectivity index (χ2n) is 6.35. The minimum absolute atomic E-state index is 0.179. The molecule has 1 unspecified atom stereocenters. The van der Waals surface area contributed by atoms with Crippen molar-refractivity contribution in [2.24, 2.45) is 5.41 Å². The van der Waals surface area contributed by atoms with Crippen LogP contribution in [0, 0.1) is 5.41 Å². The van der Waals surface area contributed by atoms with Crippen LogP contribution >= 0.6 is 23.2 Å². The molecule has 1 fully saturated rings. The maximum Gasteiger partial charge on any atom is 0.253 e. The topological polar surface area (TPSA) is 38.8 Å². The summed E-state index contributed by atoms with van der Waals surface area (Å²) >= 11 is 12.2. The van der Waals surface area contributed by atoms with Gasteiger partial charge in [-0.15, -0.1) is 11.6 Å². The Morgan fingerprint density at radius 3 is 2.74 bits per heavy atom. The number of rotatable bonds is 6. The highest BCUT2D eigenvalue weighted by Crippen LogP contribution is 2.26. The number of amides is 1. The van der Waals surface area contributed by atoms with Crippen LogP contribution in [0.2, 0.25) is 5.02 Å². The SMILES string of the molecule is CC(C)(CCl)C(=O)N(Cc1ccccc1Cl)OC1CCCCO1. The van der Waals surface area contributed by atoms with E-state index in [4.69, 9.17) is 32.8 Å². The van der Waals surface area contributed by atoms with Gasteiger partial charge in [-0.25, -0.2) is 9.90 Å². The van der Waals surface area contributed by atoms with E-state index in [0.29, 0.717) is 11.6 Å². The molecule has 0 saturated carbocycles. The molecule has 0 radical (unpaired) electrons. The Bertz CT molecular complexity index is 530. The van der Waals surface area contributed by atoms with Crippen molar-refractivity contribution in [3.63, 3.8) is 0 Å². The Balaban J connectivity index is 2.16. The summed E-state index contributed by atoms with van der Waals surface area (Å²) in [6.07, 6.45) is 2.41. The molecule has 1 aromatic carbocycles. The molecule has 23 heavy (non-hydrogen) atoms. The summed E-state index contributed by atoms with van der Waals surface area (Å²) in [5.41, 5.74) is 0.0981. The Kier molecular flexibility index (Phi) is 6.72. The summed E-state index contributed by atoms with van der Waals surface area (Å²) in [5.74, 6) is 0.0290. The number of hydrogen-bond donors (Lipinski definition) is 0. The van der Waals surface area contributed by atoms with Gasteiger partial charge in [-0.05, 0) is 38.3 Å². The monoisotopic (exact) mass is 359 g/mol. The largest absolute Gasteiger partial charge is 0.350 e. The molecule has 128 valence electrons. The van der Waals surface area contributed by atoms with Crippen molar-refractivity contribution in [1.82, 2.24) is 5.06 Å². The van der Waals surface area contributed by atoms with Gasteiger partial charge in [-0.3, -0.25) is 4.79 Å². The van der Waals surface area contributed by atoms with Crippen LogP contribution in [0.3, 0.4) is 0 Å². The summed E-state index contributed by atoms with van der Waals surface area (Å²) in [5, 5.41) is 1.95. The predicted octanol–water partition coefficient (Wildman–Crippen LogP) is 4.39. The second kappa shape index (κ2) is 8.34. The smallest absolute Gasteiger partial charge is 0.253 e. The zero-order valence-electron chi connectivity index (χ0n) is 13.6. The van der Waals surface area contributed by atoms with Crippen molar-refractivity contribution in [3.8, 4) is 0 Å². The van der Waals surface area contributed by atoms with Gasteiger partial charge in [-0.1, -0.05) is 29.8 Å². The lowest BCUT2D eigenvalue weighted by atomic mass is 9.95. The van der Waals surface area contributed by atoms with Crippen molar-refractivity contribution in [2.45, 2.75) is 45.9 Å². The average molecular weight is 360 g/mol. The van der Waals surface area contributed by atoms with Gasteiger partial charge in [0.2, 0.25) is 0 Å². The van der Waals surface area contributed by atoms with E-state index in [-0.39, 0.29) is 18.3 Å². The molecule has 1 aliphatic heterocycles. The molecule has 0 spiro atoms. The fraction of sp³-hybridized carbons (Fsp3) is 0.588. The fourth-order valence-corrected chi connectivity index (χ4v) is 2.58. The standard InChI is InChI=1S/C17H23Cl2NO3/c1-17(2,12-18)16(21)20(23-15-9-5-6-10-22-15)11-13-7-3-4-8-14(13)19/h3-4,7-8,15H,5-6,9-12H2,1-2H3. The number of carbonyl (C=O) groups is 1. The van der Waals surface area contributed by atoms with Crippen molar-refractivity contribution in [1.29, 1.82) is 0 Å². The first-order chi connectivity index (χ1) is 10.9. The minimum atomic E-state index is -0.725. The van der Waals surface area contributed by atoms with Crippen LogP contribution in [-0.2, 0) is 20.9 Å². The Labute approximate surface area is 147 Å². The van der Waals surface area contributed by atoms with Gasteiger partial charge in [0.05, 0.1) is 12.0 Å². The van der Waals surface area contributed by atoms with Crippen LogP contribution in [0.4, 0.5) is 0 Å². The highest BCUT2D eigenvalue weighted by atomic mass is 35.5. The lowest BCUT2D eigenvalue weighted by Crippen LogP contribution is -2.44. The van der Waals surface area contributed by atoms with E-state index in [1.807, 2.05) is 18.2 Å². The van der Waals surface area contributed by atoms with E-state index < -0.39 is 11.7 Å². The molecule has 2 rings (SSSR count). The van der Waals surface area contributed by atoms with Crippen molar-refractivity contribution in [3.05, 3.63) is 34.9 Å². The number of benzene rings is 1. The second-order valence-corrected chi connectivity index (χ2v) is 7.03. The first-order valence-corrected chi connectivity index (χ1v) is 8.75. The van der Waals surface area contributed by atoms with E-state index in [1.54, 1.807) is 19.9 Å². The number of nitrogens with zero attached hydrogens (tertiary/aromatic N) is 1. The first-order valence-electron chi connectivity index (χ1n) is 7.84. The predicted molar refractivity (Wildman–Crippen MR) is 91.2 cm³/mol. The first kappa shape index (κ1) is 18.5. The van der Waals surface area contributed by atoms with Crippen LogP contribution in [-0.4, -0.2) is 29.7 Å². The third-order valence-electron chi connectivity index (χ3n) is 3.79. The Hall–Kier alpha value is -0.810. The van der Waals surface area contributed by atoms with Crippen molar-refractivity contribution >= 4 is 29.1 Å². The number of hydroxylamine groups is 2. The zero-order chi connectivity index (χ0) is 16.9. The highest BCUT2D eigenvalue weighted by Gasteiger charge is 2.34. The fourth-order valence-electron chi connectivity index (χ4n) is 2.27. The molecule has 4 nitrogen and oxygen atoms in total. The van der Waals surface area contributed by atoms with Crippen LogP contribution in [0.15, 0.2) is 24.3 Å². The van der Waals surface area contributed by atoms with Crippen LogP contribution in [0.1, 0.15) is 38.7 Å². The quantitative estimate of drug-likeness (QED) is 0.558. The molecule has 1 atom stereocenters. The molecule has 1 heterocycles. The summed E-state index contributed by atoms with van der Waals surface area (Å²) in [7, 11) is 0. The van der Waals surface area contributed by atoms with E-state index in [0.717, 1.165) is 24.8 Å². The molecule has 1 amide bonds. The summed E-state index contributed by atoms with van der Waals surface area (Å²) < 4.78 is 5.59. The molecule has 0 aliphatic carbocycles. The number of ether oxygens (including phenoxy) is 1. The van der Waals surface area contributed by atoms with Crippen LogP contribution in [0.25, 0.3) is 0 Å². The summed E-state index contributed by atoms with van der Waals surface area (Å²) in [6.45, 7) is 4.51. The lowest BCUT2D eigenvalue weighted by molar-refractivity contribution is -0.286. The van der Waals surface area contributed by atoms with Crippen LogP contribution < -0.4 is 0 Å². The number of hydrogen-bond acceptors (Lipinski definition) is 3. The molecule has 0 bridgehead atoms. The maximum absolute atomic E-state index is 12.8. The van der Waals surface area contributed by atoms with Crippen molar-refractivity contribution < 1.29 is 14.4 Å². The molecular formula is C17H23Cl2NO3. The number of alkyl halides is 1. The molecule has 0 aromatic heterocycles. The lowest BCUT2D eigenvalue weighted by Gasteiger charge is -2.33. The minimum Gasteiger partial charge on any atom is -0.350 e. The molecule has 6 heteroatoms. The average Bonchev–Trinajstić information content (AvgIpc) is 2.56. The van der Waals surface area contributed by atoms with Gasteiger partial charge in [-0.2, -0.15) is 0 Å². The van der Waals surface area contributed by atoms with Gasteiger partial charge in [0.15, 0.2) is 6.29 Å². The maximum atomic E-state index is 12.8. The van der Waals surface area contributed by atoms with E-state index >= 15 is 0 Å². The Morgan fingerprint density at radius 1 is 1.39 bits per heavy atom. The molecule has 0 N–H and O–H groups in total. The number of halogens is 2. The summed E-state index contributed by atoms with van der Waals surface area (Å²) in [4.78, 5) is 18.6. The summed E-state index contributed by atoms with van der Waals surface area (Å²) in [6, 6.07) is 7.41. The zero-order valence-corrected chi connectivity index (χ0v) is 15.1. The molecule has 1 saturated heterocycles.